The van der Waals surface area contributed by atoms with E-state index in [9.17, 15) is 0 Å². The minimum absolute atomic E-state index is 0.943. The first-order valence-electron chi connectivity index (χ1n) is 6.73. The van der Waals surface area contributed by atoms with Crippen LogP contribution in [0.25, 0.3) is 0 Å². The summed E-state index contributed by atoms with van der Waals surface area (Å²) in [5.41, 5.74) is 4.19. The second-order valence-electron chi connectivity index (χ2n) is 5.14. The Balaban J connectivity index is 2.20. The van der Waals surface area contributed by atoms with E-state index in [0.29, 0.717) is 0 Å². The molecule has 0 spiro atoms. The van der Waals surface area contributed by atoms with Crippen molar-refractivity contribution in [3.8, 4) is 0 Å². The molecule has 0 radical (unpaired) electrons. The standard InChI is InChI=1S/C15H24N2/c1-4-17(11-13-6-7-13)15-8-5-12(2)9-14(15)10-16-3/h5,8-9,13,16H,4,6-7,10-11H2,1-3H3. The van der Waals surface area contributed by atoms with E-state index >= 15 is 0 Å². The molecule has 1 aromatic rings. The third-order valence-electron chi connectivity index (χ3n) is 3.50. The highest BCUT2D eigenvalue weighted by Gasteiger charge is 2.24. The van der Waals surface area contributed by atoms with Gasteiger partial charge in [0.05, 0.1) is 0 Å². The number of hydrogen-bond donors (Lipinski definition) is 1. The summed E-state index contributed by atoms with van der Waals surface area (Å²) in [7, 11) is 2.02. The lowest BCUT2D eigenvalue weighted by Gasteiger charge is -2.26. The van der Waals surface area contributed by atoms with Crippen molar-refractivity contribution in [1.82, 2.24) is 5.32 Å². The molecule has 0 aromatic heterocycles. The summed E-state index contributed by atoms with van der Waals surface area (Å²) in [5.74, 6) is 0.943. The molecule has 1 aliphatic rings. The summed E-state index contributed by atoms with van der Waals surface area (Å²) in [5, 5.41) is 3.27. The largest absolute Gasteiger partial charge is 0.371 e. The summed E-state index contributed by atoms with van der Waals surface area (Å²) in [6.07, 6.45) is 2.84. The Morgan fingerprint density at radius 3 is 2.71 bits per heavy atom. The third-order valence-corrected chi connectivity index (χ3v) is 3.50. The van der Waals surface area contributed by atoms with E-state index in [4.69, 9.17) is 0 Å². The molecule has 0 amide bonds. The van der Waals surface area contributed by atoms with Crippen molar-refractivity contribution in [3.63, 3.8) is 0 Å². The molecular weight excluding hydrogens is 208 g/mol. The lowest BCUT2D eigenvalue weighted by Crippen LogP contribution is -2.27. The van der Waals surface area contributed by atoms with Gasteiger partial charge in [0.25, 0.3) is 0 Å². The van der Waals surface area contributed by atoms with E-state index in [2.05, 4.69) is 42.3 Å². The Bertz CT molecular complexity index is 369. The molecule has 94 valence electrons. The smallest absolute Gasteiger partial charge is 0.0412 e. The maximum Gasteiger partial charge on any atom is 0.0412 e. The van der Waals surface area contributed by atoms with Crippen LogP contribution in [0.4, 0.5) is 5.69 Å². The van der Waals surface area contributed by atoms with E-state index in [1.807, 2.05) is 7.05 Å². The van der Waals surface area contributed by atoms with Crippen LogP contribution in [0.1, 0.15) is 30.9 Å². The minimum atomic E-state index is 0.943. The summed E-state index contributed by atoms with van der Waals surface area (Å²) in [4.78, 5) is 2.53. The van der Waals surface area contributed by atoms with Crippen molar-refractivity contribution in [2.45, 2.75) is 33.2 Å². The van der Waals surface area contributed by atoms with Crippen LogP contribution in [-0.4, -0.2) is 20.1 Å². The van der Waals surface area contributed by atoms with Crippen LogP contribution >= 0.6 is 0 Å². The lowest BCUT2D eigenvalue weighted by atomic mass is 10.1. The molecule has 1 aromatic carbocycles. The van der Waals surface area contributed by atoms with E-state index in [0.717, 1.165) is 19.0 Å². The fourth-order valence-corrected chi connectivity index (χ4v) is 2.36. The maximum absolute atomic E-state index is 3.27. The predicted molar refractivity (Wildman–Crippen MR) is 74.6 cm³/mol. The number of aryl methyl sites for hydroxylation is 1. The molecule has 0 unspecified atom stereocenters. The highest BCUT2D eigenvalue weighted by atomic mass is 15.1. The molecule has 1 fully saturated rings. The molecule has 1 saturated carbocycles. The zero-order valence-electron chi connectivity index (χ0n) is 11.3. The number of benzene rings is 1. The van der Waals surface area contributed by atoms with Gasteiger partial charge in [0.15, 0.2) is 0 Å². The fourth-order valence-electron chi connectivity index (χ4n) is 2.36. The zero-order valence-corrected chi connectivity index (χ0v) is 11.3. The molecule has 1 N–H and O–H groups in total. The highest BCUT2D eigenvalue weighted by Crippen LogP contribution is 2.32. The second-order valence-corrected chi connectivity index (χ2v) is 5.14. The zero-order chi connectivity index (χ0) is 12.3. The molecule has 2 heteroatoms. The number of anilines is 1. The van der Waals surface area contributed by atoms with Crippen molar-refractivity contribution in [3.05, 3.63) is 29.3 Å². The molecule has 0 bridgehead atoms. The van der Waals surface area contributed by atoms with Crippen molar-refractivity contribution in [2.75, 3.05) is 25.0 Å². The van der Waals surface area contributed by atoms with Crippen LogP contribution in [-0.2, 0) is 6.54 Å². The van der Waals surface area contributed by atoms with Crippen molar-refractivity contribution in [2.24, 2.45) is 5.92 Å². The molecular formula is C15H24N2. The SMILES string of the molecule is CCN(CC1CC1)c1ccc(C)cc1CNC. The molecule has 0 atom stereocenters. The summed E-state index contributed by atoms with van der Waals surface area (Å²) in [6.45, 7) is 7.72. The lowest BCUT2D eigenvalue weighted by molar-refractivity contribution is 0.729. The molecule has 0 aliphatic heterocycles. The molecule has 2 rings (SSSR count). The van der Waals surface area contributed by atoms with Gasteiger partial charge in [-0.2, -0.15) is 0 Å². The van der Waals surface area contributed by atoms with Crippen LogP contribution in [0, 0.1) is 12.8 Å². The first-order valence-corrected chi connectivity index (χ1v) is 6.73. The van der Waals surface area contributed by atoms with Gasteiger partial charge in [-0.05, 0) is 51.3 Å². The van der Waals surface area contributed by atoms with E-state index in [1.54, 1.807) is 0 Å². The van der Waals surface area contributed by atoms with Gasteiger partial charge >= 0.3 is 0 Å². The third kappa shape index (κ3) is 3.22. The highest BCUT2D eigenvalue weighted by molar-refractivity contribution is 5.55. The number of rotatable bonds is 6. The fraction of sp³-hybridized carbons (Fsp3) is 0.600. The Hall–Kier alpha value is -1.02. The van der Waals surface area contributed by atoms with Crippen LogP contribution in [0.5, 0.6) is 0 Å². The van der Waals surface area contributed by atoms with Crippen molar-refractivity contribution in [1.29, 1.82) is 0 Å². The van der Waals surface area contributed by atoms with Gasteiger partial charge in [0.1, 0.15) is 0 Å². The number of hydrogen-bond acceptors (Lipinski definition) is 2. The van der Waals surface area contributed by atoms with Gasteiger partial charge in [-0.15, -0.1) is 0 Å². The summed E-state index contributed by atoms with van der Waals surface area (Å²) in [6, 6.07) is 6.82. The monoisotopic (exact) mass is 232 g/mol. The van der Waals surface area contributed by atoms with E-state index in [1.165, 1.54) is 36.2 Å². The Morgan fingerprint density at radius 1 is 1.35 bits per heavy atom. The second kappa shape index (κ2) is 5.54. The topological polar surface area (TPSA) is 15.3 Å². The normalized spacial score (nSPS) is 15.0. The van der Waals surface area contributed by atoms with E-state index < -0.39 is 0 Å². The number of nitrogens with zero attached hydrogens (tertiary/aromatic N) is 1. The van der Waals surface area contributed by atoms with Crippen molar-refractivity contribution >= 4 is 5.69 Å². The molecule has 2 nitrogen and oxygen atoms in total. The maximum atomic E-state index is 3.27. The molecule has 1 aliphatic carbocycles. The minimum Gasteiger partial charge on any atom is -0.371 e. The summed E-state index contributed by atoms with van der Waals surface area (Å²) >= 11 is 0. The van der Waals surface area contributed by atoms with Crippen LogP contribution < -0.4 is 10.2 Å². The first-order chi connectivity index (χ1) is 8.24. The predicted octanol–water partition coefficient (Wildman–Crippen LogP) is 2.95. The molecule has 17 heavy (non-hydrogen) atoms. The Kier molecular flexibility index (Phi) is 4.06. The van der Waals surface area contributed by atoms with Crippen molar-refractivity contribution < 1.29 is 0 Å². The first kappa shape index (κ1) is 12.4. The van der Waals surface area contributed by atoms with Gasteiger partial charge in [-0.3, -0.25) is 0 Å². The molecule has 0 saturated heterocycles. The Labute approximate surface area is 105 Å². The molecule has 0 heterocycles. The van der Waals surface area contributed by atoms with Crippen LogP contribution in [0.3, 0.4) is 0 Å². The number of nitrogens with one attached hydrogen (secondary N) is 1. The van der Waals surface area contributed by atoms with Crippen LogP contribution in [0.2, 0.25) is 0 Å². The van der Waals surface area contributed by atoms with Gasteiger partial charge < -0.3 is 10.2 Å². The van der Waals surface area contributed by atoms with Gasteiger partial charge in [-0.1, -0.05) is 17.7 Å². The van der Waals surface area contributed by atoms with Gasteiger partial charge in [-0.25, -0.2) is 0 Å². The Morgan fingerprint density at radius 2 is 2.12 bits per heavy atom. The van der Waals surface area contributed by atoms with E-state index in [-0.39, 0.29) is 0 Å². The summed E-state index contributed by atoms with van der Waals surface area (Å²) < 4.78 is 0. The quantitative estimate of drug-likeness (QED) is 0.811. The van der Waals surface area contributed by atoms with Gasteiger partial charge in [0, 0.05) is 25.3 Å². The average Bonchev–Trinajstić information content (AvgIpc) is 3.11. The average molecular weight is 232 g/mol. The van der Waals surface area contributed by atoms with Crippen LogP contribution in [0.15, 0.2) is 18.2 Å². The van der Waals surface area contributed by atoms with Gasteiger partial charge in [0.2, 0.25) is 0 Å².